The van der Waals surface area contributed by atoms with E-state index in [2.05, 4.69) is 0 Å². The van der Waals surface area contributed by atoms with Crippen molar-refractivity contribution < 1.29 is 22.7 Å². The van der Waals surface area contributed by atoms with Gasteiger partial charge in [0, 0.05) is 10.1 Å². The highest BCUT2D eigenvalue weighted by Gasteiger charge is 2.23. The topological polar surface area (TPSA) is 86.7 Å². The molecule has 0 N–H and O–H groups in total. The fourth-order valence-electron chi connectivity index (χ4n) is 2.71. The molecule has 0 unspecified atom stereocenters. The van der Waals surface area contributed by atoms with E-state index < -0.39 is 31.0 Å². The molecule has 0 bridgehead atoms. The molecule has 0 aliphatic heterocycles. The minimum atomic E-state index is -4.10. The van der Waals surface area contributed by atoms with Crippen molar-refractivity contribution in [1.29, 1.82) is 0 Å². The number of rotatable bonds is 7. The highest BCUT2D eigenvalue weighted by molar-refractivity contribution is 7.92. The fraction of sp³-hybridized carbons (Fsp3) is 0.143. The molecular weight excluding hydrogens is 412 g/mol. The first-order valence-corrected chi connectivity index (χ1v) is 11.0. The molecule has 29 heavy (non-hydrogen) atoms. The van der Waals surface area contributed by atoms with Crippen LogP contribution in [0, 0.1) is 0 Å². The normalized spacial score (nSPS) is 11.7. The van der Waals surface area contributed by atoms with Gasteiger partial charge in [-0.15, -0.1) is 0 Å². The third-order valence-corrected chi connectivity index (χ3v) is 6.92. The smallest absolute Gasteiger partial charge is 0.251 e. The molecule has 1 aromatic heterocycles. The van der Waals surface area contributed by atoms with Crippen molar-refractivity contribution in [1.82, 2.24) is 0 Å². The Morgan fingerprint density at radius 1 is 1.07 bits per heavy atom. The second-order valence-electron chi connectivity index (χ2n) is 6.10. The number of ketones is 1. The molecule has 0 aliphatic rings. The minimum Gasteiger partial charge on any atom is -0.497 e. The lowest BCUT2D eigenvalue weighted by Crippen LogP contribution is -2.20. The molecule has 0 spiro atoms. The van der Waals surface area contributed by atoms with Crippen LogP contribution in [0.4, 0.5) is 0 Å². The summed E-state index contributed by atoms with van der Waals surface area (Å²) in [5.74, 6) is -0.277. The average Bonchev–Trinajstić information content (AvgIpc) is 2.71. The number of fused-ring (bicyclic) bond motifs is 1. The van der Waals surface area contributed by atoms with Crippen molar-refractivity contribution in [3.63, 3.8) is 0 Å². The number of sulfone groups is 1. The maximum atomic E-state index is 12.7. The highest BCUT2D eigenvalue weighted by Crippen LogP contribution is 2.28. The number of hydrogen-bond acceptors (Lipinski definition) is 7. The van der Waals surface area contributed by atoms with E-state index in [1.807, 2.05) is 0 Å². The van der Waals surface area contributed by atoms with Gasteiger partial charge in [0.1, 0.15) is 22.1 Å². The second kappa shape index (κ2) is 8.59. The average molecular weight is 431 g/mol. The van der Waals surface area contributed by atoms with Gasteiger partial charge in [0.15, 0.2) is 15.6 Å². The van der Waals surface area contributed by atoms with E-state index in [9.17, 15) is 18.0 Å². The predicted octanol–water partition coefficient (Wildman–Crippen LogP) is 3.33. The largest absolute Gasteiger partial charge is 0.497 e. The predicted molar refractivity (Wildman–Crippen MR) is 114 cm³/mol. The van der Waals surface area contributed by atoms with Crippen LogP contribution in [-0.4, -0.2) is 34.2 Å². The van der Waals surface area contributed by atoms with E-state index in [1.54, 1.807) is 49.6 Å². The number of carbonyl (C=O) groups excluding carboxylic acids is 1. The van der Waals surface area contributed by atoms with Crippen LogP contribution in [0.15, 0.2) is 64.3 Å². The zero-order valence-corrected chi connectivity index (χ0v) is 17.4. The number of ether oxygens (including phenoxy) is 2. The minimum absolute atomic E-state index is 0.398. The van der Waals surface area contributed by atoms with Crippen LogP contribution in [0.3, 0.4) is 0 Å². The molecule has 6 nitrogen and oxygen atoms in total. The van der Waals surface area contributed by atoms with Crippen molar-refractivity contribution in [2.24, 2.45) is 0 Å². The summed E-state index contributed by atoms with van der Waals surface area (Å²) >= 11 is 0.810. The first-order valence-electron chi connectivity index (χ1n) is 8.52. The zero-order valence-electron chi connectivity index (χ0n) is 15.7. The van der Waals surface area contributed by atoms with Crippen molar-refractivity contribution in [3.8, 4) is 11.5 Å². The van der Waals surface area contributed by atoms with E-state index in [1.165, 1.54) is 25.3 Å². The van der Waals surface area contributed by atoms with Gasteiger partial charge < -0.3 is 9.47 Å². The quantitative estimate of drug-likeness (QED) is 0.535. The van der Waals surface area contributed by atoms with E-state index in [0.717, 1.165) is 16.9 Å². The van der Waals surface area contributed by atoms with E-state index in [-0.39, 0.29) is 0 Å². The number of benzene rings is 2. The first-order chi connectivity index (χ1) is 13.8. The molecule has 3 rings (SSSR count). The molecule has 1 heterocycles. The Morgan fingerprint density at radius 2 is 1.79 bits per heavy atom. The SMILES string of the molecule is COc1ccc(/C=C/C(=O)CS(=O)(=O)c2cc3c(OC)cccc3sc2=O)cc1. The van der Waals surface area contributed by atoms with Crippen LogP contribution in [0.25, 0.3) is 16.2 Å². The Morgan fingerprint density at radius 3 is 2.45 bits per heavy atom. The number of allylic oxidation sites excluding steroid dienone is 1. The molecule has 2 aromatic carbocycles. The molecule has 8 heteroatoms. The molecule has 3 aromatic rings. The van der Waals surface area contributed by atoms with Gasteiger partial charge in [0.05, 0.1) is 14.2 Å². The summed E-state index contributed by atoms with van der Waals surface area (Å²) in [5, 5.41) is 0.513. The molecule has 0 aliphatic carbocycles. The Labute approximate surface area is 171 Å². The van der Waals surface area contributed by atoms with E-state index in [0.29, 0.717) is 21.6 Å². The van der Waals surface area contributed by atoms with Crippen molar-refractivity contribution in [3.05, 3.63) is 69.7 Å². The van der Waals surface area contributed by atoms with Crippen LogP contribution in [0.1, 0.15) is 5.56 Å². The van der Waals surface area contributed by atoms with Gasteiger partial charge in [-0.3, -0.25) is 9.59 Å². The summed E-state index contributed by atoms with van der Waals surface area (Å²) in [5.41, 5.74) is 0.721. The lowest BCUT2D eigenvalue weighted by atomic mass is 10.2. The lowest BCUT2D eigenvalue weighted by molar-refractivity contribution is -0.112. The Hall–Kier alpha value is -2.97. The molecule has 0 amide bonds. The summed E-state index contributed by atoms with van der Waals surface area (Å²) < 4.78 is 35.7. The van der Waals surface area contributed by atoms with Gasteiger partial charge in [-0.05, 0) is 42.0 Å². The Balaban J connectivity index is 1.86. The summed E-state index contributed by atoms with van der Waals surface area (Å²) in [6.07, 6.45) is 2.70. The van der Waals surface area contributed by atoms with Crippen molar-refractivity contribution in [2.45, 2.75) is 4.90 Å². The molecular formula is C21H18O6S2. The molecule has 0 atom stereocenters. The van der Waals surface area contributed by atoms with Crippen LogP contribution < -0.4 is 14.2 Å². The summed E-state index contributed by atoms with van der Waals surface area (Å²) in [4.78, 5) is 24.2. The number of carbonyl (C=O) groups is 1. The van der Waals surface area contributed by atoms with Crippen LogP contribution in [-0.2, 0) is 14.6 Å². The molecule has 0 saturated carbocycles. The third kappa shape index (κ3) is 4.72. The zero-order chi connectivity index (χ0) is 21.0. The number of methoxy groups -OCH3 is 2. The van der Waals surface area contributed by atoms with Crippen LogP contribution in [0.2, 0.25) is 0 Å². The molecule has 0 saturated heterocycles. The highest BCUT2D eigenvalue weighted by atomic mass is 32.2. The maximum absolute atomic E-state index is 12.7. The summed E-state index contributed by atoms with van der Waals surface area (Å²) in [6, 6.07) is 13.3. The van der Waals surface area contributed by atoms with Gasteiger partial charge in [-0.2, -0.15) is 0 Å². The lowest BCUT2D eigenvalue weighted by Gasteiger charge is -2.07. The van der Waals surface area contributed by atoms with Gasteiger partial charge in [0.25, 0.3) is 4.74 Å². The molecule has 0 radical (unpaired) electrons. The second-order valence-corrected chi connectivity index (χ2v) is 9.07. The van der Waals surface area contributed by atoms with Crippen LogP contribution >= 0.6 is 11.3 Å². The number of hydrogen-bond donors (Lipinski definition) is 0. The van der Waals surface area contributed by atoms with Crippen molar-refractivity contribution >= 4 is 43.1 Å². The van der Waals surface area contributed by atoms with Gasteiger partial charge in [-0.1, -0.05) is 35.6 Å². The van der Waals surface area contributed by atoms with Gasteiger partial charge in [-0.25, -0.2) is 8.42 Å². The monoisotopic (exact) mass is 430 g/mol. The molecule has 0 fully saturated rings. The Bertz CT molecular complexity index is 1240. The van der Waals surface area contributed by atoms with Gasteiger partial charge in [0.2, 0.25) is 0 Å². The third-order valence-electron chi connectivity index (χ3n) is 4.17. The summed E-state index contributed by atoms with van der Waals surface area (Å²) in [6.45, 7) is 0. The van der Waals surface area contributed by atoms with E-state index in [4.69, 9.17) is 9.47 Å². The molecule has 150 valence electrons. The van der Waals surface area contributed by atoms with Crippen LogP contribution in [0.5, 0.6) is 11.5 Å². The van der Waals surface area contributed by atoms with Gasteiger partial charge >= 0.3 is 0 Å². The maximum Gasteiger partial charge on any atom is 0.251 e. The first kappa shape index (κ1) is 20.8. The fourth-order valence-corrected chi connectivity index (χ4v) is 5.17. The Kier molecular flexibility index (Phi) is 6.14. The summed E-state index contributed by atoms with van der Waals surface area (Å²) in [7, 11) is -1.09. The van der Waals surface area contributed by atoms with E-state index >= 15 is 0 Å². The van der Waals surface area contributed by atoms with Crippen molar-refractivity contribution in [2.75, 3.05) is 20.0 Å². The standard InChI is InChI=1S/C21H18O6S2/c1-26-16-10-7-14(8-11-16)6-9-15(22)13-29(24,25)20-12-17-18(27-2)4-3-5-19(17)28-21(20)23/h3-12H,13H2,1-2H3/b9-6+.